The lowest BCUT2D eigenvalue weighted by Crippen LogP contribution is -2.50. The molecule has 0 aromatic heterocycles. The molecule has 2 aromatic rings. The normalized spacial score (nSPS) is 14.0. The van der Waals surface area contributed by atoms with Crippen molar-refractivity contribution >= 4 is 63.7 Å². The molecule has 6 nitrogen and oxygen atoms in total. The smallest absolute Gasteiger partial charge is 0.253 e. The van der Waals surface area contributed by atoms with Crippen molar-refractivity contribution in [2.45, 2.75) is 16.7 Å². The third kappa shape index (κ3) is 4.86. The second kappa shape index (κ2) is 9.20. The van der Waals surface area contributed by atoms with E-state index in [0.717, 1.165) is 9.79 Å². The lowest BCUT2D eigenvalue weighted by atomic mass is 10.1. The van der Waals surface area contributed by atoms with Crippen LogP contribution in [0.3, 0.4) is 0 Å². The zero-order chi connectivity index (χ0) is 22.0. The SMILES string of the molecule is C=C(C(=O)N1CCN(C(C)=O)CC1)c1ccc(Sc2cc(N)c(N)cc2Cl)c(Cl)c1. The summed E-state index contributed by atoms with van der Waals surface area (Å²) in [7, 11) is 0. The molecule has 0 saturated carbocycles. The number of carbonyl (C=O) groups excluding carboxylic acids is 2. The predicted molar refractivity (Wildman–Crippen MR) is 124 cm³/mol. The number of hydrogen-bond donors (Lipinski definition) is 2. The molecule has 1 heterocycles. The maximum atomic E-state index is 12.8. The summed E-state index contributed by atoms with van der Waals surface area (Å²) in [5.74, 6) is -0.146. The van der Waals surface area contributed by atoms with E-state index in [4.69, 9.17) is 34.7 Å². The van der Waals surface area contributed by atoms with Crippen LogP contribution in [-0.4, -0.2) is 47.8 Å². The third-order valence-corrected chi connectivity index (χ3v) is 6.89. The van der Waals surface area contributed by atoms with Crippen molar-refractivity contribution in [3.63, 3.8) is 0 Å². The van der Waals surface area contributed by atoms with Crippen LogP contribution in [0.1, 0.15) is 12.5 Å². The van der Waals surface area contributed by atoms with Gasteiger partial charge in [-0.15, -0.1) is 0 Å². The van der Waals surface area contributed by atoms with Gasteiger partial charge in [0.1, 0.15) is 0 Å². The second-order valence-electron chi connectivity index (χ2n) is 6.94. The van der Waals surface area contributed by atoms with Gasteiger partial charge in [0.2, 0.25) is 5.91 Å². The van der Waals surface area contributed by atoms with Gasteiger partial charge < -0.3 is 21.3 Å². The topological polar surface area (TPSA) is 92.7 Å². The van der Waals surface area contributed by atoms with E-state index in [0.29, 0.717) is 58.7 Å². The fourth-order valence-corrected chi connectivity index (χ4v) is 4.55. The minimum Gasteiger partial charge on any atom is -0.397 e. The molecule has 0 radical (unpaired) electrons. The number of amides is 2. The Kier molecular flexibility index (Phi) is 6.85. The van der Waals surface area contributed by atoms with Crippen molar-refractivity contribution < 1.29 is 9.59 Å². The van der Waals surface area contributed by atoms with E-state index in [9.17, 15) is 9.59 Å². The molecule has 1 saturated heterocycles. The molecule has 0 aliphatic carbocycles. The molecular formula is C21H22Cl2N4O2S. The van der Waals surface area contributed by atoms with E-state index in [1.165, 1.54) is 18.7 Å². The van der Waals surface area contributed by atoms with Crippen LogP contribution in [0.4, 0.5) is 11.4 Å². The van der Waals surface area contributed by atoms with Gasteiger partial charge in [0.25, 0.3) is 5.91 Å². The summed E-state index contributed by atoms with van der Waals surface area (Å²) < 4.78 is 0. The van der Waals surface area contributed by atoms with Gasteiger partial charge >= 0.3 is 0 Å². The Labute approximate surface area is 189 Å². The maximum absolute atomic E-state index is 12.8. The quantitative estimate of drug-likeness (QED) is 0.526. The highest BCUT2D eigenvalue weighted by Crippen LogP contribution is 2.40. The molecule has 0 bridgehead atoms. The maximum Gasteiger partial charge on any atom is 0.253 e. The van der Waals surface area contributed by atoms with Gasteiger partial charge in [-0.3, -0.25) is 9.59 Å². The summed E-state index contributed by atoms with van der Waals surface area (Å²) >= 11 is 14.1. The van der Waals surface area contributed by atoms with Crippen LogP contribution >= 0.6 is 35.0 Å². The zero-order valence-corrected chi connectivity index (χ0v) is 18.8. The molecule has 0 atom stereocenters. The van der Waals surface area contributed by atoms with Gasteiger partial charge in [0.15, 0.2) is 0 Å². The molecule has 2 aromatic carbocycles. The molecule has 4 N–H and O–H groups in total. The third-order valence-electron chi connectivity index (χ3n) is 4.91. The first-order chi connectivity index (χ1) is 14.2. The van der Waals surface area contributed by atoms with Crippen LogP contribution in [0, 0.1) is 0 Å². The zero-order valence-electron chi connectivity index (χ0n) is 16.5. The fraction of sp³-hybridized carbons (Fsp3) is 0.238. The largest absolute Gasteiger partial charge is 0.397 e. The number of benzene rings is 2. The number of piperazine rings is 1. The molecule has 9 heteroatoms. The van der Waals surface area contributed by atoms with E-state index < -0.39 is 0 Å². The highest BCUT2D eigenvalue weighted by Gasteiger charge is 2.24. The van der Waals surface area contributed by atoms with Crippen LogP contribution in [0.5, 0.6) is 0 Å². The number of nitrogens with zero attached hydrogens (tertiary/aromatic N) is 2. The Morgan fingerprint density at radius 3 is 2.10 bits per heavy atom. The molecule has 0 spiro atoms. The van der Waals surface area contributed by atoms with Crippen molar-refractivity contribution in [2.24, 2.45) is 0 Å². The number of anilines is 2. The molecule has 1 aliphatic heterocycles. The summed E-state index contributed by atoms with van der Waals surface area (Å²) in [4.78, 5) is 29.2. The summed E-state index contributed by atoms with van der Waals surface area (Å²) in [5, 5.41) is 0.954. The number of hydrogen-bond acceptors (Lipinski definition) is 5. The number of carbonyl (C=O) groups is 2. The molecule has 0 unspecified atom stereocenters. The van der Waals surface area contributed by atoms with E-state index in [1.54, 1.807) is 34.1 Å². The van der Waals surface area contributed by atoms with Crippen molar-refractivity contribution in [2.75, 3.05) is 37.6 Å². The van der Waals surface area contributed by atoms with Gasteiger partial charge in [-0.25, -0.2) is 0 Å². The van der Waals surface area contributed by atoms with E-state index >= 15 is 0 Å². The molecular weight excluding hydrogens is 443 g/mol. The van der Waals surface area contributed by atoms with E-state index in [-0.39, 0.29) is 11.8 Å². The van der Waals surface area contributed by atoms with Crippen molar-refractivity contribution in [1.29, 1.82) is 0 Å². The monoisotopic (exact) mass is 464 g/mol. The Bertz CT molecular complexity index is 1020. The Morgan fingerprint density at radius 2 is 1.50 bits per heavy atom. The molecule has 158 valence electrons. The number of nitrogens with two attached hydrogens (primary N) is 2. The fourth-order valence-electron chi connectivity index (χ4n) is 3.09. The summed E-state index contributed by atoms with van der Waals surface area (Å²) in [6, 6.07) is 8.64. The van der Waals surface area contributed by atoms with Crippen molar-refractivity contribution in [3.8, 4) is 0 Å². The predicted octanol–water partition coefficient (Wildman–Crippen LogP) is 4.01. The highest BCUT2D eigenvalue weighted by atomic mass is 35.5. The number of rotatable bonds is 4. The lowest BCUT2D eigenvalue weighted by molar-refractivity contribution is -0.135. The first kappa shape index (κ1) is 22.3. The molecule has 1 fully saturated rings. The first-order valence-corrected chi connectivity index (χ1v) is 10.8. The average Bonchev–Trinajstić information content (AvgIpc) is 2.72. The van der Waals surface area contributed by atoms with Gasteiger partial charge in [-0.05, 0) is 29.8 Å². The van der Waals surface area contributed by atoms with Gasteiger partial charge in [0, 0.05) is 48.5 Å². The van der Waals surface area contributed by atoms with Gasteiger partial charge in [-0.1, -0.05) is 47.6 Å². The summed E-state index contributed by atoms with van der Waals surface area (Å²) in [6.07, 6.45) is 0. The Hall–Kier alpha value is -2.35. The lowest BCUT2D eigenvalue weighted by Gasteiger charge is -2.34. The number of halogens is 2. The summed E-state index contributed by atoms with van der Waals surface area (Å²) in [6.45, 7) is 7.50. The molecule has 3 rings (SSSR count). The van der Waals surface area contributed by atoms with Crippen LogP contribution in [0.25, 0.3) is 5.57 Å². The van der Waals surface area contributed by atoms with Gasteiger partial charge in [-0.2, -0.15) is 0 Å². The van der Waals surface area contributed by atoms with Crippen molar-refractivity contribution in [1.82, 2.24) is 9.80 Å². The Morgan fingerprint density at radius 1 is 0.933 bits per heavy atom. The van der Waals surface area contributed by atoms with Gasteiger partial charge in [0.05, 0.1) is 21.4 Å². The first-order valence-electron chi connectivity index (χ1n) is 9.23. The second-order valence-corrected chi connectivity index (χ2v) is 8.83. The number of nitrogen functional groups attached to an aromatic ring is 2. The molecule has 1 aliphatic rings. The van der Waals surface area contributed by atoms with Crippen LogP contribution in [0.2, 0.25) is 10.0 Å². The summed E-state index contributed by atoms with van der Waals surface area (Å²) in [5.41, 5.74) is 13.5. The van der Waals surface area contributed by atoms with Crippen molar-refractivity contribution in [3.05, 3.63) is 52.5 Å². The molecule has 2 amide bonds. The van der Waals surface area contributed by atoms with Crippen LogP contribution in [-0.2, 0) is 9.59 Å². The molecule has 30 heavy (non-hydrogen) atoms. The van der Waals surface area contributed by atoms with E-state index in [2.05, 4.69) is 6.58 Å². The highest BCUT2D eigenvalue weighted by molar-refractivity contribution is 7.99. The van der Waals surface area contributed by atoms with Crippen LogP contribution < -0.4 is 11.5 Å². The minimum atomic E-state index is -0.163. The minimum absolute atomic E-state index is 0.0174. The Balaban J connectivity index is 1.72. The van der Waals surface area contributed by atoms with Crippen LogP contribution in [0.15, 0.2) is 46.7 Å². The standard InChI is InChI=1S/C21H22Cl2N4O2S/c1-12(21(29)27-7-5-26(6-8-27)13(2)28)14-3-4-19(15(22)9-14)30-20-11-18(25)17(24)10-16(20)23/h3-4,9-11H,1,5-8,24-25H2,2H3. The average molecular weight is 465 g/mol. The van der Waals surface area contributed by atoms with E-state index in [1.807, 2.05) is 6.07 Å².